The van der Waals surface area contributed by atoms with E-state index in [-0.39, 0.29) is 17.1 Å². The van der Waals surface area contributed by atoms with Crippen LogP contribution in [-0.4, -0.2) is 16.3 Å². The molecule has 0 radical (unpaired) electrons. The number of nitrogens with two attached hydrogens (primary N) is 1. The maximum Gasteiger partial charge on any atom is 0.297 e. The van der Waals surface area contributed by atoms with Crippen LogP contribution in [-0.2, 0) is 6.54 Å². The number of hydrogen-bond acceptors (Lipinski definition) is 4. The molecule has 0 spiro atoms. The first-order valence-corrected chi connectivity index (χ1v) is 9.87. The molecule has 0 saturated heterocycles. The lowest BCUT2D eigenvalue weighted by Gasteiger charge is -2.16. The number of pyridine rings is 1. The minimum Gasteiger partial charge on any atom is -0.504 e. The number of rotatable bonds is 11. The molecule has 0 aliphatic heterocycles. The van der Waals surface area contributed by atoms with E-state index in [1.165, 1.54) is 25.7 Å². The van der Waals surface area contributed by atoms with Crippen molar-refractivity contribution in [1.82, 2.24) is 4.57 Å². The number of ether oxygens (including phenoxy) is 1. The number of aromatic nitrogens is 1. The molecule has 5 nitrogen and oxygen atoms in total. The Balaban J connectivity index is 2.29. The van der Waals surface area contributed by atoms with Crippen LogP contribution in [0, 0.1) is 0 Å². The molecule has 0 atom stereocenters. The molecule has 0 bridgehead atoms. The Morgan fingerprint density at radius 3 is 2.46 bits per heavy atom. The fourth-order valence-corrected chi connectivity index (χ4v) is 3.15. The van der Waals surface area contributed by atoms with E-state index in [2.05, 4.69) is 13.8 Å². The number of nitrogen functional groups attached to an aromatic ring is 1. The Bertz CT molecular complexity index is 768. The van der Waals surface area contributed by atoms with Crippen LogP contribution in [0.4, 0.5) is 5.69 Å². The number of nitrogens with zero attached hydrogens (tertiary/aromatic N) is 1. The van der Waals surface area contributed by atoms with Gasteiger partial charge in [0.15, 0.2) is 5.75 Å². The van der Waals surface area contributed by atoms with Gasteiger partial charge in [0, 0.05) is 17.6 Å². The zero-order valence-electron chi connectivity index (χ0n) is 16.1. The molecule has 1 aromatic heterocycles. The van der Waals surface area contributed by atoms with E-state index in [0.29, 0.717) is 29.7 Å². The Morgan fingerprint density at radius 1 is 1.04 bits per heavy atom. The number of aryl methyl sites for hydroxylation is 1. The van der Waals surface area contributed by atoms with Gasteiger partial charge in [0.25, 0.3) is 5.56 Å². The average Bonchev–Trinajstić information content (AvgIpc) is 2.63. The summed E-state index contributed by atoms with van der Waals surface area (Å²) in [6.45, 7) is 5.29. The second-order valence-corrected chi connectivity index (χ2v) is 6.88. The predicted molar refractivity (Wildman–Crippen MR) is 108 cm³/mol. The third kappa shape index (κ3) is 4.93. The fraction of sp³-hybridized carbons (Fsp3) is 0.571. The Morgan fingerprint density at radius 2 is 1.73 bits per heavy atom. The molecule has 2 aromatic rings. The van der Waals surface area contributed by atoms with Gasteiger partial charge in [0.1, 0.15) is 0 Å². The summed E-state index contributed by atoms with van der Waals surface area (Å²) in [6, 6.07) is 5.24. The third-order valence-electron chi connectivity index (χ3n) is 4.70. The SMILES string of the molecule is CCCCCCCCn1c(=O)c(OCCCC)c(O)c2ccc(N)cc21. The van der Waals surface area contributed by atoms with E-state index in [0.717, 1.165) is 25.7 Å². The second-order valence-electron chi connectivity index (χ2n) is 6.88. The van der Waals surface area contributed by atoms with Gasteiger partial charge in [-0.05, 0) is 31.0 Å². The van der Waals surface area contributed by atoms with Crippen LogP contribution in [0.15, 0.2) is 23.0 Å². The molecule has 2 rings (SSSR count). The smallest absolute Gasteiger partial charge is 0.297 e. The molecular formula is C21H32N2O3. The lowest BCUT2D eigenvalue weighted by atomic mass is 10.1. The van der Waals surface area contributed by atoms with Gasteiger partial charge >= 0.3 is 0 Å². The van der Waals surface area contributed by atoms with Gasteiger partial charge in [-0.25, -0.2) is 0 Å². The summed E-state index contributed by atoms with van der Waals surface area (Å²) in [5.74, 6) is -0.0259. The van der Waals surface area contributed by atoms with Crippen LogP contribution in [0.1, 0.15) is 65.2 Å². The molecule has 26 heavy (non-hydrogen) atoms. The third-order valence-corrected chi connectivity index (χ3v) is 4.70. The number of benzene rings is 1. The number of unbranched alkanes of at least 4 members (excludes halogenated alkanes) is 6. The van der Waals surface area contributed by atoms with Crippen molar-refractivity contribution in [3.05, 3.63) is 28.6 Å². The van der Waals surface area contributed by atoms with Crippen LogP contribution < -0.4 is 16.0 Å². The maximum absolute atomic E-state index is 12.9. The largest absolute Gasteiger partial charge is 0.504 e. The zero-order chi connectivity index (χ0) is 18.9. The molecule has 1 heterocycles. The molecule has 0 amide bonds. The fourth-order valence-electron chi connectivity index (χ4n) is 3.15. The summed E-state index contributed by atoms with van der Waals surface area (Å²) in [7, 11) is 0. The standard InChI is InChI=1S/C21H32N2O3/c1-3-5-7-8-9-10-13-23-18-15-16(22)11-12-17(18)19(24)20(21(23)25)26-14-6-4-2/h11-12,15,24H,3-10,13-14,22H2,1-2H3. The Kier molecular flexibility index (Phi) is 7.82. The van der Waals surface area contributed by atoms with E-state index in [4.69, 9.17) is 10.5 Å². The highest BCUT2D eigenvalue weighted by Crippen LogP contribution is 2.32. The summed E-state index contributed by atoms with van der Waals surface area (Å²) in [5.41, 5.74) is 6.88. The molecule has 0 aliphatic rings. The molecule has 0 aliphatic carbocycles. The molecule has 144 valence electrons. The summed E-state index contributed by atoms with van der Waals surface area (Å²) in [6.07, 6.45) is 8.72. The van der Waals surface area contributed by atoms with Crippen LogP contribution in [0.2, 0.25) is 0 Å². The lowest BCUT2D eigenvalue weighted by Crippen LogP contribution is -2.23. The van der Waals surface area contributed by atoms with E-state index in [1.807, 2.05) is 0 Å². The normalized spacial score (nSPS) is 11.2. The molecular weight excluding hydrogens is 328 g/mol. The lowest BCUT2D eigenvalue weighted by molar-refractivity contribution is 0.287. The minimum absolute atomic E-state index is 0.0571. The van der Waals surface area contributed by atoms with E-state index in [9.17, 15) is 9.90 Å². The van der Waals surface area contributed by atoms with Gasteiger partial charge in [-0.3, -0.25) is 4.79 Å². The monoisotopic (exact) mass is 360 g/mol. The number of hydrogen-bond donors (Lipinski definition) is 2. The first kappa shape index (κ1) is 20.1. The minimum atomic E-state index is -0.273. The Hall–Kier alpha value is -2.17. The van der Waals surface area contributed by atoms with Crippen molar-refractivity contribution in [3.63, 3.8) is 0 Å². The predicted octanol–water partition coefficient (Wildman–Crippen LogP) is 4.83. The van der Waals surface area contributed by atoms with E-state index in [1.54, 1.807) is 22.8 Å². The van der Waals surface area contributed by atoms with Crippen molar-refractivity contribution < 1.29 is 9.84 Å². The average molecular weight is 360 g/mol. The van der Waals surface area contributed by atoms with Crippen molar-refractivity contribution >= 4 is 16.6 Å². The number of anilines is 1. The summed E-state index contributed by atoms with van der Waals surface area (Å²) >= 11 is 0. The van der Waals surface area contributed by atoms with Crippen LogP contribution in [0.3, 0.4) is 0 Å². The highest BCUT2D eigenvalue weighted by atomic mass is 16.5. The van der Waals surface area contributed by atoms with Gasteiger partial charge < -0.3 is 20.1 Å². The molecule has 0 saturated carbocycles. The molecule has 1 aromatic carbocycles. The van der Waals surface area contributed by atoms with Gasteiger partial charge in [0.2, 0.25) is 5.75 Å². The molecule has 3 N–H and O–H groups in total. The van der Waals surface area contributed by atoms with Crippen molar-refractivity contribution in [2.45, 2.75) is 71.8 Å². The zero-order valence-corrected chi connectivity index (χ0v) is 16.1. The van der Waals surface area contributed by atoms with Gasteiger partial charge in [-0.1, -0.05) is 52.4 Å². The van der Waals surface area contributed by atoms with Crippen molar-refractivity contribution in [1.29, 1.82) is 0 Å². The molecule has 0 fully saturated rings. The van der Waals surface area contributed by atoms with Crippen molar-refractivity contribution in [3.8, 4) is 11.5 Å². The van der Waals surface area contributed by atoms with Crippen molar-refractivity contribution in [2.24, 2.45) is 0 Å². The second kappa shape index (κ2) is 10.1. The summed E-state index contributed by atoms with van der Waals surface area (Å²) in [5, 5.41) is 11.1. The molecule has 5 heteroatoms. The number of aromatic hydroxyl groups is 1. The van der Waals surface area contributed by atoms with Gasteiger partial charge in [-0.2, -0.15) is 0 Å². The summed E-state index contributed by atoms with van der Waals surface area (Å²) < 4.78 is 7.33. The van der Waals surface area contributed by atoms with E-state index >= 15 is 0 Å². The quantitative estimate of drug-likeness (QED) is 0.444. The first-order chi connectivity index (χ1) is 12.6. The maximum atomic E-state index is 12.9. The van der Waals surface area contributed by atoms with E-state index < -0.39 is 0 Å². The Labute approximate surface area is 155 Å². The van der Waals surface area contributed by atoms with Crippen molar-refractivity contribution in [2.75, 3.05) is 12.3 Å². The molecule has 0 unspecified atom stereocenters. The first-order valence-electron chi connectivity index (χ1n) is 9.87. The highest BCUT2D eigenvalue weighted by Gasteiger charge is 2.17. The summed E-state index contributed by atoms with van der Waals surface area (Å²) in [4.78, 5) is 12.9. The number of fused-ring (bicyclic) bond motifs is 1. The van der Waals surface area contributed by atoms with Crippen LogP contribution in [0.25, 0.3) is 10.9 Å². The van der Waals surface area contributed by atoms with Crippen LogP contribution in [0.5, 0.6) is 11.5 Å². The van der Waals surface area contributed by atoms with Gasteiger partial charge in [-0.15, -0.1) is 0 Å². The van der Waals surface area contributed by atoms with Gasteiger partial charge in [0.05, 0.1) is 12.1 Å². The van der Waals surface area contributed by atoms with Crippen LogP contribution >= 0.6 is 0 Å². The highest BCUT2D eigenvalue weighted by molar-refractivity contribution is 5.89. The topological polar surface area (TPSA) is 77.5 Å².